The fraction of sp³-hybridized carbons (Fsp3) is 0.263. The van der Waals surface area contributed by atoms with Crippen molar-refractivity contribution in [3.05, 3.63) is 66.1 Å². The molecular weight excluding hydrogens is 335 g/mol. The highest BCUT2D eigenvalue weighted by molar-refractivity contribution is 5.75. The van der Waals surface area contributed by atoms with Crippen LogP contribution in [-0.2, 0) is 17.6 Å². The van der Waals surface area contributed by atoms with Crippen molar-refractivity contribution in [1.82, 2.24) is 20.4 Å². The molecule has 0 unspecified atom stereocenters. The van der Waals surface area contributed by atoms with Gasteiger partial charge in [-0.15, -0.1) is 0 Å². The van der Waals surface area contributed by atoms with Crippen molar-refractivity contribution in [3.8, 4) is 11.4 Å². The van der Waals surface area contributed by atoms with E-state index in [0.717, 1.165) is 12.0 Å². The van der Waals surface area contributed by atoms with Crippen LogP contribution in [0.5, 0.6) is 0 Å². The maximum absolute atomic E-state index is 12.9. The third kappa shape index (κ3) is 5.20. The van der Waals surface area contributed by atoms with Gasteiger partial charge in [-0.25, -0.2) is 4.39 Å². The van der Waals surface area contributed by atoms with Crippen LogP contribution in [0.3, 0.4) is 0 Å². The van der Waals surface area contributed by atoms with Crippen LogP contribution in [0.2, 0.25) is 0 Å². The molecule has 3 aromatic rings. The van der Waals surface area contributed by atoms with Crippen LogP contribution in [0.15, 0.2) is 53.3 Å². The number of hydrogen-bond acceptors (Lipinski definition) is 5. The Hall–Kier alpha value is -3.09. The highest BCUT2D eigenvalue weighted by atomic mass is 19.1. The van der Waals surface area contributed by atoms with Gasteiger partial charge in [0.05, 0.1) is 0 Å². The molecule has 2 heterocycles. The van der Waals surface area contributed by atoms with Crippen molar-refractivity contribution < 1.29 is 13.7 Å². The third-order valence-electron chi connectivity index (χ3n) is 3.82. The predicted molar refractivity (Wildman–Crippen MR) is 93.6 cm³/mol. The van der Waals surface area contributed by atoms with Crippen molar-refractivity contribution in [2.45, 2.75) is 25.7 Å². The SMILES string of the molecule is O=C(CCCc1nc(-c2ccc(F)cc2)no1)NCCc1cccnc1. The number of aromatic nitrogens is 3. The van der Waals surface area contributed by atoms with Gasteiger partial charge in [-0.1, -0.05) is 11.2 Å². The smallest absolute Gasteiger partial charge is 0.226 e. The normalized spacial score (nSPS) is 10.7. The number of nitrogens with one attached hydrogen (secondary N) is 1. The van der Waals surface area contributed by atoms with Gasteiger partial charge in [0.2, 0.25) is 17.6 Å². The molecule has 1 aromatic carbocycles. The molecule has 26 heavy (non-hydrogen) atoms. The Morgan fingerprint density at radius 2 is 2.00 bits per heavy atom. The fourth-order valence-electron chi connectivity index (χ4n) is 2.45. The van der Waals surface area contributed by atoms with Gasteiger partial charge < -0.3 is 9.84 Å². The average Bonchev–Trinajstić information content (AvgIpc) is 3.12. The summed E-state index contributed by atoms with van der Waals surface area (Å²) in [6.07, 6.45) is 5.79. The summed E-state index contributed by atoms with van der Waals surface area (Å²) in [6, 6.07) is 9.75. The maximum atomic E-state index is 12.9. The summed E-state index contributed by atoms with van der Waals surface area (Å²) in [4.78, 5) is 20.2. The number of carbonyl (C=O) groups is 1. The first kappa shape index (κ1) is 17.7. The van der Waals surface area contributed by atoms with E-state index in [2.05, 4.69) is 20.4 Å². The molecular formula is C19H19FN4O2. The summed E-state index contributed by atoms with van der Waals surface area (Å²) in [7, 11) is 0. The van der Waals surface area contributed by atoms with Crippen LogP contribution in [-0.4, -0.2) is 27.6 Å². The molecule has 0 aliphatic rings. The molecule has 0 aliphatic heterocycles. The molecule has 134 valence electrons. The minimum Gasteiger partial charge on any atom is -0.356 e. The number of carbonyl (C=O) groups excluding carboxylic acids is 1. The van der Waals surface area contributed by atoms with E-state index in [4.69, 9.17) is 4.52 Å². The molecule has 6 nitrogen and oxygen atoms in total. The highest BCUT2D eigenvalue weighted by Crippen LogP contribution is 2.16. The van der Waals surface area contributed by atoms with E-state index in [0.29, 0.717) is 43.1 Å². The second-order valence-electron chi connectivity index (χ2n) is 5.83. The van der Waals surface area contributed by atoms with Crippen LogP contribution in [0.1, 0.15) is 24.3 Å². The number of nitrogens with zero attached hydrogens (tertiary/aromatic N) is 3. The Kier molecular flexibility index (Phi) is 6.03. The van der Waals surface area contributed by atoms with Gasteiger partial charge in [0.25, 0.3) is 0 Å². The van der Waals surface area contributed by atoms with E-state index in [1.54, 1.807) is 24.5 Å². The quantitative estimate of drug-likeness (QED) is 0.673. The molecule has 1 amide bonds. The van der Waals surface area contributed by atoms with Gasteiger partial charge in [0.15, 0.2) is 0 Å². The number of aryl methyl sites for hydroxylation is 1. The largest absolute Gasteiger partial charge is 0.356 e. The molecule has 2 aromatic heterocycles. The lowest BCUT2D eigenvalue weighted by atomic mass is 10.2. The molecule has 0 aliphatic carbocycles. The molecule has 0 atom stereocenters. The van der Waals surface area contributed by atoms with Crippen LogP contribution < -0.4 is 5.32 Å². The highest BCUT2D eigenvalue weighted by Gasteiger charge is 2.09. The van der Waals surface area contributed by atoms with Gasteiger partial charge in [0, 0.05) is 37.3 Å². The van der Waals surface area contributed by atoms with Crippen LogP contribution >= 0.6 is 0 Å². The Bertz CT molecular complexity index is 834. The summed E-state index contributed by atoms with van der Waals surface area (Å²) in [5, 5.41) is 6.77. The van der Waals surface area contributed by atoms with Gasteiger partial charge in [0.1, 0.15) is 5.82 Å². The summed E-state index contributed by atoms with van der Waals surface area (Å²) in [5.41, 5.74) is 1.78. The molecule has 0 radical (unpaired) electrons. The number of hydrogen-bond donors (Lipinski definition) is 1. The molecule has 3 rings (SSSR count). The number of pyridine rings is 1. The van der Waals surface area contributed by atoms with Gasteiger partial charge >= 0.3 is 0 Å². The zero-order chi connectivity index (χ0) is 18.2. The average molecular weight is 354 g/mol. The first-order valence-corrected chi connectivity index (χ1v) is 8.45. The lowest BCUT2D eigenvalue weighted by Gasteiger charge is -2.04. The van der Waals surface area contributed by atoms with E-state index >= 15 is 0 Å². The summed E-state index contributed by atoms with van der Waals surface area (Å²) >= 11 is 0. The second kappa shape index (κ2) is 8.84. The lowest BCUT2D eigenvalue weighted by Crippen LogP contribution is -2.25. The first-order chi connectivity index (χ1) is 12.7. The topological polar surface area (TPSA) is 80.9 Å². The Balaban J connectivity index is 1.38. The molecule has 0 fully saturated rings. The van der Waals surface area contributed by atoms with Crippen LogP contribution in [0.4, 0.5) is 4.39 Å². The van der Waals surface area contributed by atoms with Crippen molar-refractivity contribution in [1.29, 1.82) is 0 Å². The minimum atomic E-state index is -0.313. The summed E-state index contributed by atoms with van der Waals surface area (Å²) < 4.78 is 18.1. The van der Waals surface area contributed by atoms with Crippen molar-refractivity contribution in [2.24, 2.45) is 0 Å². The van der Waals surface area contributed by atoms with E-state index in [1.165, 1.54) is 12.1 Å². The molecule has 0 bridgehead atoms. The zero-order valence-electron chi connectivity index (χ0n) is 14.2. The van der Waals surface area contributed by atoms with Gasteiger partial charge in [-0.2, -0.15) is 4.98 Å². The van der Waals surface area contributed by atoms with E-state index < -0.39 is 0 Å². The van der Waals surface area contributed by atoms with E-state index in [9.17, 15) is 9.18 Å². The molecule has 1 N–H and O–H groups in total. The lowest BCUT2D eigenvalue weighted by molar-refractivity contribution is -0.121. The van der Waals surface area contributed by atoms with Crippen molar-refractivity contribution >= 4 is 5.91 Å². The minimum absolute atomic E-state index is 0.00726. The Morgan fingerprint density at radius 1 is 1.15 bits per heavy atom. The van der Waals surface area contributed by atoms with Crippen LogP contribution in [0.25, 0.3) is 11.4 Å². The molecule has 0 saturated heterocycles. The molecule has 0 spiro atoms. The number of halogens is 1. The van der Waals surface area contributed by atoms with Gasteiger partial charge in [-0.3, -0.25) is 9.78 Å². The molecule has 0 saturated carbocycles. The van der Waals surface area contributed by atoms with Gasteiger partial charge in [-0.05, 0) is 48.7 Å². The maximum Gasteiger partial charge on any atom is 0.226 e. The third-order valence-corrected chi connectivity index (χ3v) is 3.82. The van der Waals surface area contributed by atoms with E-state index in [1.807, 2.05) is 12.1 Å². The number of benzene rings is 1. The molecule has 7 heteroatoms. The monoisotopic (exact) mass is 354 g/mol. The number of amides is 1. The summed E-state index contributed by atoms with van der Waals surface area (Å²) in [5.74, 6) is 0.563. The fourth-order valence-corrected chi connectivity index (χ4v) is 2.45. The Morgan fingerprint density at radius 3 is 2.77 bits per heavy atom. The predicted octanol–water partition coefficient (Wildman–Crippen LogP) is 2.95. The van der Waals surface area contributed by atoms with Crippen LogP contribution in [0, 0.1) is 5.82 Å². The van der Waals surface area contributed by atoms with Crippen molar-refractivity contribution in [3.63, 3.8) is 0 Å². The first-order valence-electron chi connectivity index (χ1n) is 8.45. The Labute approximate surface area is 150 Å². The standard InChI is InChI=1S/C19H19FN4O2/c20-16-8-6-15(7-9-16)19-23-18(26-24-19)5-1-4-17(25)22-12-10-14-3-2-11-21-13-14/h2-3,6-9,11,13H,1,4-5,10,12H2,(H,22,25). The van der Waals surface area contributed by atoms with Crippen molar-refractivity contribution in [2.75, 3.05) is 6.54 Å². The zero-order valence-corrected chi connectivity index (χ0v) is 14.2. The summed E-state index contributed by atoms with van der Waals surface area (Å²) in [6.45, 7) is 0.583. The number of rotatable bonds is 8. The van der Waals surface area contributed by atoms with E-state index in [-0.39, 0.29) is 11.7 Å². The second-order valence-corrected chi connectivity index (χ2v) is 5.83.